The van der Waals surface area contributed by atoms with E-state index in [1.165, 1.54) is 24.4 Å². The minimum atomic E-state index is -1.52. The van der Waals surface area contributed by atoms with Crippen LogP contribution in [0.5, 0.6) is 5.75 Å². The predicted octanol–water partition coefficient (Wildman–Crippen LogP) is 2.14. The van der Waals surface area contributed by atoms with Crippen LogP contribution < -0.4 is 4.74 Å². The zero-order valence-corrected chi connectivity index (χ0v) is 11.3. The number of pyridine rings is 1. The summed E-state index contributed by atoms with van der Waals surface area (Å²) in [6.07, 6.45) is 0.980. The number of carboxylic acid groups (broad SMARTS) is 1. The molecule has 0 bridgehead atoms. The molecule has 0 spiro atoms. The summed E-state index contributed by atoms with van der Waals surface area (Å²) in [7, 11) is 0. The molecule has 0 amide bonds. The molecular weight excluding hydrogens is 296 g/mol. The second-order valence-electron chi connectivity index (χ2n) is 4.41. The van der Waals surface area contributed by atoms with Gasteiger partial charge < -0.3 is 9.84 Å². The highest BCUT2D eigenvalue weighted by molar-refractivity contribution is 6.33. The molecular formula is C15H11F2NO4. The van der Waals surface area contributed by atoms with Crippen molar-refractivity contribution in [2.75, 3.05) is 0 Å². The molecule has 0 aliphatic heterocycles. The van der Waals surface area contributed by atoms with Gasteiger partial charge >= 0.3 is 5.97 Å². The van der Waals surface area contributed by atoms with Crippen LogP contribution in [0.15, 0.2) is 36.5 Å². The van der Waals surface area contributed by atoms with Crippen molar-refractivity contribution in [2.24, 2.45) is 0 Å². The maximum Gasteiger partial charge on any atom is 0.372 e. The zero-order chi connectivity index (χ0) is 16.1. The summed E-state index contributed by atoms with van der Waals surface area (Å²) in [6.45, 7) is -0.110. The average molecular weight is 307 g/mol. The van der Waals surface area contributed by atoms with Gasteiger partial charge in [-0.3, -0.25) is 9.78 Å². The summed E-state index contributed by atoms with van der Waals surface area (Å²) in [5.41, 5.74) is 0.472. The summed E-state index contributed by atoms with van der Waals surface area (Å²) in [5, 5.41) is 8.49. The van der Waals surface area contributed by atoms with Crippen molar-refractivity contribution in [3.05, 3.63) is 59.4 Å². The Kier molecular flexibility index (Phi) is 4.77. The molecule has 0 aliphatic rings. The number of carboxylic acids is 1. The Morgan fingerprint density at radius 3 is 2.55 bits per heavy atom. The first-order chi connectivity index (χ1) is 10.5. The SMILES string of the molecule is O=C(O)C(=O)Cc1ccc(OCc2ccc(F)cc2F)cn1. The molecule has 2 aromatic rings. The molecule has 114 valence electrons. The third kappa shape index (κ3) is 4.08. The molecule has 0 fully saturated rings. The Labute approximate surface area is 124 Å². The van der Waals surface area contributed by atoms with E-state index in [4.69, 9.17) is 9.84 Å². The number of hydrogen-bond acceptors (Lipinski definition) is 4. The van der Waals surface area contributed by atoms with E-state index in [9.17, 15) is 18.4 Å². The van der Waals surface area contributed by atoms with Crippen LogP contribution in [0.25, 0.3) is 0 Å². The summed E-state index contributed by atoms with van der Waals surface area (Å²) in [4.78, 5) is 25.3. The normalized spacial score (nSPS) is 10.3. The van der Waals surface area contributed by atoms with Gasteiger partial charge in [0.2, 0.25) is 5.78 Å². The van der Waals surface area contributed by atoms with E-state index in [1.54, 1.807) is 0 Å². The Hall–Kier alpha value is -2.83. The van der Waals surface area contributed by atoms with Crippen LogP contribution in [0.2, 0.25) is 0 Å². The van der Waals surface area contributed by atoms with E-state index in [0.717, 1.165) is 12.1 Å². The Morgan fingerprint density at radius 1 is 1.18 bits per heavy atom. The Balaban J connectivity index is 1.96. The number of carbonyl (C=O) groups is 2. The average Bonchev–Trinajstić information content (AvgIpc) is 2.47. The van der Waals surface area contributed by atoms with Gasteiger partial charge in [0, 0.05) is 17.3 Å². The number of halogens is 2. The number of nitrogens with zero attached hydrogens (tertiary/aromatic N) is 1. The molecule has 1 aromatic carbocycles. The number of ketones is 1. The first-order valence-electron chi connectivity index (χ1n) is 6.23. The van der Waals surface area contributed by atoms with E-state index < -0.39 is 23.4 Å². The largest absolute Gasteiger partial charge is 0.487 e. The van der Waals surface area contributed by atoms with Crippen LogP contribution in [-0.4, -0.2) is 21.8 Å². The number of hydrogen-bond donors (Lipinski definition) is 1. The highest BCUT2D eigenvalue weighted by atomic mass is 19.1. The highest BCUT2D eigenvalue weighted by Crippen LogP contribution is 2.15. The standard InChI is InChI=1S/C15H11F2NO4/c16-10-2-1-9(13(17)5-10)8-22-12-4-3-11(18-7-12)6-14(19)15(20)21/h1-5,7H,6,8H2,(H,20,21). The number of aromatic nitrogens is 1. The van der Waals surface area contributed by atoms with E-state index >= 15 is 0 Å². The third-order valence-electron chi connectivity index (χ3n) is 2.79. The lowest BCUT2D eigenvalue weighted by Crippen LogP contribution is -2.15. The zero-order valence-electron chi connectivity index (χ0n) is 11.3. The molecule has 22 heavy (non-hydrogen) atoms. The molecule has 0 aliphatic carbocycles. The first-order valence-corrected chi connectivity index (χ1v) is 6.23. The molecule has 0 saturated heterocycles. The van der Waals surface area contributed by atoms with Gasteiger partial charge in [-0.15, -0.1) is 0 Å². The van der Waals surface area contributed by atoms with Crippen LogP contribution in [0, 0.1) is 11.6 Å². The van der Waals surface area contributed by atoms with Gasteiger partial charge in [-0.05, 0) is 24.3 Å². The number of benzene rings is 1. The maximum absolute atomic E-state index is 13.4. The molecule has 5 nitrogen and oxygen atoms in total. The Morgan fingerprint density at radius 2 is 1.95 bits per heavy atom. The lowest BCUT2D eigenvalue weighted by atomic mass is 10.2. The van der Waals surface area contributed by atoms with Crippen molar-refractivity contribution in [3.8, 4) is 5.75 Å². The molecule has 1 N–H and O–H groups in total. The van der Waals surface area contributed by atoms with E-state index in [0.29, 0.717) is 5.75 Å². The van der Waals surface area contributed by atoms with Gasteiger partial charge in [0.25, 0.3) is 0 Å². The fourth-order valence-electron chi connectivity index (χ4n) is 1.64. The number of Topliss-reactive ketones (excluding diaryl/α,β-unsaturated/α-hetero) is 1. The summed E-state index contributed by atoms with van der Waals surface area (Å²) in [5.74, 6) is -3.55. The predicted molar refractivity (Wildman–Crippen MR) is 71.3 cm³/mol. The lowest BCUT2D eigenvalue weighted by Gasteiger charge is -2.07. The number of ether oxygens (including phenoxy) is 1. The fraction of sp³-hybridized carbons (Fsp3) is 0.133. The number of aliphatic carboxylic acids is 1. The van der Waals surface area contributed by atoms with Crippen LogP contribution in [-0.2, 0) is 22.6 Å². The van der Waals surface area contributed by atoms with Crippen molar-refractivity contribution < 1.29 is 28.2 Å². The Bertz CT molecular complexity index is 701. The van der Waals surface area contributed by atoms with Crippen molar-refractivity contribution in [2.45, 2.75) is 13.0 Å². The fourth-order valence-corrected chi connectivity index (χ4v) is 1.64. The minimum absolute atomic E-state index is 0.110. The first kappa shape index (κ1) is 15.6. The van der Waals surface area contributed by atoms with Crippen molar-refractivity contribution in [3.63, 3.8) is 0 Å². The quantitative estimate of drug-likeness (QED) is 0.827. The molecule has 1 aromatic heterocycles. The second kappa shape index (κ2) is 6.75. The smallest absolute Gasteiger partial charge is 0.372 e. The summed E-state index contributed by atoms with van der Waals surface area (Å²) < 4.78 is 31.5. The molecule has 0 saturated carbocycles. The van der Waals surface area contributed by atoms with Gasteiger partial charge in [0.1, 0.15) is 24.0 Å². The third-order valence-corrected chi connectivity index (χ3v) is 2.79. The molecule has 1 heterocycles. The van der Waals surface area contributed by atoms with Crippen molar-refractivity contribution in [1.29, 1.82) is 0 Å². The molecule has 0 atom stereocenters. The van der Waals surface area contributed by atoms with Crippen molar-refractivity contribution in [1.82, 2.24) is 4.98 Å². The van der Waals surface area contributed by atoms with Gasteiger partial charge in [0.05, 0.1) is 12.6 Å². The highest BCUT2D eigenvalue weighted by Gasteiger charge is 2.13. The summed E-state index contributed by atoms with van der Waals surface area (Å²) >= 11 is 0. The van der Waals surface area contributed by atoms with Crippen molar-refractivity contribution >= 4 is 11.8 Å². The van der Waals surface area contributed by atoms with Gasteiger partial charge in [-0.25, -0.2) is 13.6 Å². The van der Waals surface area contributed by atoms with Gasteiger partial charge in [-0.2, -0.15) is 0 Å². The molecule has 2 rings (SSSR count). The lowest BCUT2D eigenvalue weighted by molar-refractivity contribution is -0.148. The van der Waals surface area contributed by atoms with E-state index in [1.807, 2.05) is 0 Å². The van der Waals surface area contributed by atoms with E-state index in [-0.39, 0.29) is 24.3 Å². The minimum Gasteiger partial charge on any atom is -0.487 e. The van der Waals surface area contributed by atoms with Crippen LogP contribution in [0.4, 0.5) is 8.78 Å². The maximum atomic E-state index is 13.4. The second-order valence-corrected chi connectivity index (χ2v) is 4.41. The monoisotopic (exact) mass is 307 g/mol. The summed E-state index contributed by atoms with van der Waals surface area (Å²) in [6, 6.07) is 6.09. The van der Waals surface area contributed by atoms with Gasteiger partial charge in [-0.1, -0.05) is 0 Å². The molecule has 7 heteroatoms. The number of carbonyl (C=O) groups excluding carboxylic acids is 1. The van der Waals surface area contributed by atoms with Gasteiger partial charge in [0.15, 0.2) is 0 Å². The molecule has 0 unspecified atom stereocenters. The topological polar surface area (TPSA) is 76.5 Å². The van der Waals surface area contributed by atoms with Crippen LogP contribution in [0.3, 0.4) is 0 Å². The number of rotatable bonds is 6. The molecule has 0 radical (unpaired) electrons. The van der Waals surface area contributed by atoms with Crippen LogP contribution >= 0.6 is 0 Å². The van der Waals surface area contributed by atoms with E-state index in [2.05, 4.69) is 4.98 Å². The van der Waals surface area contributed by atoms with Crippen LogP contribution in [0.1, 0.15) is 11.3 Å².